The van der Waals surface area contributed by atoms with E-state index in [0.29, 0.717) is 34.2 Å². The van der Waals surface area contributed by atoms with Gasteiger partial charge < -0.3 is 9.30 Å². The van der Waals surface area contributed by atoms with Crippen molar-refractivity contribution in [3.05, 3.63) is 86.3 Å². The molecule has 2 heterocycles. The summed E-state index contributed by atoms with van der Waals surface area (Å²) in [5.41, 5.74) is 1.64. The van der Waals surface area contributed by atoms with Gasteiger partial charge in [-0.25, -0.2) is 14.3 Å². The third kappa shape index (κ3) is 3.52. The average molecular weight is 451 g/mol. The predicted octanol–water partition coefficient (Wildman–Crippen LogP) is 4.17. The summed E-state index contributed by atoms with van der Waals surface area (Å²) in [7, 11) is 1.58. The van der Waals surface area contributed by atoms with Crippen molar-refractivity contribution in [1.29, 1.82) is 0 Å². The van der Waals surface area contributed by atoms with Gasteiger partial charge in [-0.1, -0.05) is 42.6 Å². The Morgan fingerprint density at radius 2 is 1.88 bits per heavy atom. The lowest BCUT2D eigenvalue weighted by Gasteiger charge is -2.17. The van der Waals surface area contributed by atoms with Gasteiger partial charge in [-0.2, -0.15) is 0 Å². The molecule has 0 radical (unpaired) electrons. The van der Waals surface area contributed by atoms with Crippen LogP contribution >= 0.6 is 11.6 Å². The molecular formula is C24H23ClN4O3. The van der Waals surface area contributed by atoms with E-state index in [1.165, 1.54) is 9.13 Å². The first-order valence-electron chi connectivity index (χ1n) is 10.7. The normalized spacial score (nSPS) is 14.3. The van der Waals surface area contributed by atoms with Gasteiger partial charge in [-0.3, -0.25) is 9.36 Å². The van der Waals surface area contributed by atoms with E-state index < -0.39 is 0 Å². The molecule has 2 aromatic heterocycles. The van der Waals surface area contributed by atoms with E-state index >= 15 is 0 Å². The van der Waals surface area contributed by atoms with E-state index in [1.807, 2.05) is 42.5 Å². The smallest absolute Gasteiger partial charge is 0.337 e. The van der Waals surface area contributed by atoms with Crippen LogP contribution in [0, 0.1) is 0 Å². The Labute approximate surface area is 189 Å². The summed E-state index contributed by atoms with van der Waals surface area (Å²) < 4.78 is 10.1. The van der Waals surface area contributed by atoms with Gasteiger partial charge >= 0.3 is 5.69 Å². The van der Waals surface area contributed by atoms with E-state index in [1.54, 1.807) is 24.1 Å². The fraction of sp³-hybridized carbons (Fsp3) is 0.292. The van der Waals surface area contributed by atoms with Gasteiger partial charge in [-0.05, 0) is 42.7 Å². The number of rotatable bonds is 5. The van der Waals surface area contributed by atoms with Crippen LogP contribution in [0.3, 0.4) is 0 Å². The largest absolute Gasteiger partial charge is 0.497 e. The minimum absolute atomic E-state index is 0.106. The van der Waals surface area contributed by atoms with Crippen LogP contribution in [0.15, 0.2) is 64.4 Å². The van der Waals surface area contributed by atoms with Crippen molar-refractivity contribution < 1.29 is 4.74 Å². The molecule has 1 saturated carbocycles. The average Bonchev–Trinajstić information content (AvgIpc) is 3.45. The van der Waals surface area contributed by atoms with E-state index in [9.17, 15) is 9.59 Å². The molecule has 0 unspecified atom stereocenters. The predicted molar refractivity (Wildman–Crippen MR) is 124 cm³/mol. The highest BCUT2D eigenvalue weighted by Crippen LogP contribution is 2.28. The van der Waals surface area contributed by atoms with Gasteiger partial charge in [0, 0.05) is 23.7 Å². The van der Waals surface area contributed by atoms with Crippen LogP contribution in [0.5, 0.6) is 5.75 Å². The molecule has 0 amide bonds. The van der Waals surface area contributed by atoms with E-state index in [2.05, 4.69) is 4.98 Å². The number of imidazole rings is 1. The number of hydrogen-bond donors (Lipinski definition) is 0. The minimum Gasteiger partial charge on any atom is -0.497 e. The van der Waals surface area contributed by atoms with Gasteiger partial charge in [0.15, 0.2) is 11.2 Å². The van der Waals surface area contributed by atoms with E-state index in [4.69, 9.17) is 16.3 Å². The van der Waals surface area contributed by atoms with Crippen LogP contribution in [-0.4, -0.2) is 25.8 Å². The number of aromatic nitrogens is 4. The zero-order valence-electron chi connectivity index (χ0n) is 17.7. The van der Waals surface area contributed by atoms with Gasteiger partial charge in [-0.15, -0.1) is 0 Å². The maximum atomic E-state index is 13.6. The molecule has 0 spiro atoms. The van der Waals surface area contributed by atoms with Gasteiger partial charge in [0.25, 0.3) is 5.56 Å². The molecule has 7 nitrogen and oxygen atoms in total. The van der Waals surface area contributed by atoms with Crippen molar-refractivity contribution in [2.75, 3.05) is 7.11 Å². The number of ether oxygens (including phenoxy) is 1. The van der Waals surface area contributed by atoms with Crippen LogP contribution in [0.1, 0.15) is 37.3 Å². The van der Waals surface area contributed by atoms with Crippen LogP contribution in [0.25, 0.3) is 16.9 Å². The molecule has 0 atom stereocenters. The first-order valence-corrected chi connectivity index (χ1v) is 11.1. The lowest BCUT2D eigenvalue weighted by molar-refractivity contribution is 0.414. The number of halogens is 1. The Morgan fingerprint density at radius 1 is 1.09 bits per heavy atom. The fourth-order valence-corrected chi connectivity index (χ4v) is 4.78. The molecule has 0 bridgehead atoms. The summed E-state index contributed by atoms with van der Waals surface area (Å²) in [6.07, 6.45) is 5.27. The van der Waals surface area contributed by atoms with Gasteiger partial charge in [0.2, 0.25) is 0 Å². The summed E-state index contributed by atoms with van der Waals surface area (Å²) >= 11 is 6.15. The maximum absolute atomic E-state index is 13.6. The van der Waals surface area contributed by atoms with Crippen molar-refractivity contribution in [3.63, 3.8) is 0 Å². The molecule has 5 rings (SSSR count). The monoisotopic (exact) mass is 450 g/mol. The van der Waals surface area contributed by atoms with Gasteiger partial charge in [0.05, 0.1) is 19.1 Å². The molecule has 0 N–H and O–H groups in total. The topological polar surface area (TPSA) is 71.1 Å². The summed E-state index contributed by atoms with van der Waals surface area (Å²) in [5, 5.41) is 0.628. The lowest BCUT2D eigenvalue weighted by Crippen LogP contribution is -2.41. The zero-order chi connectivity index (χ0) is 22.2. The Hall–Kier alpha value is -3.32. The number of methoxy groups -OCH3 is 1. The van der Waals surface area contributed by atoms with Crippen LogP contribution in [0.4, 0.5) is 0 Å². The summed E-state index contributed by atoms with van der Waals surface area (Å²) in [6.45, 7) is 0.424. The molecule has 0 saturated heterocycles. The van der Waals surface area contributed by atoms with Crippen molar-refractivity contribution in [2.45, 2.75) is 38.3 Å². The molecule has 1 aliphatic carbocycles. The van der Waals surface area contributed by atoms with Crippen molar-refractivity contribution in [3.8, 4) is 11.4 Å². The second-order valence-electron chi connectivity index (χ2n) is 8.11. The SMILES string of the molecule is COc1cccc(-n2c(=O)n(C3CCCC3)c(=O)c3c2ncn3Cc2cccc(Cl)c2)c1. The number of benzene rings is 2. The Morgan fingerprint density at radius 3 is 2.62 bits per heavy atom. The standard InChI is InChI=1S/C24H23ClN4O3/c1-32-20-11-5-10-19(13-20)28-22-21(23(30)29(24(28)31)18-8-2-3-9-18)27(15-26-22)14-16-6-4-7-17(25)12-16/h4-7,10-13,15,18H,2-3,8-9,14H2,1H3. The molecule has 4 aromatic rings. The van der Waals surface area contributed by atoms with Crippen LogP contribution < -0.4 is 16.0 Å². The van der Waals surface area contributed by atoms with E-state index in [0.717, 1.165) is 31.2 Å². The maximum Gasteiger partial charge on any atom is 0.337 e. The Bertz CT molecular complexity index is 1410. The molecule has 0 aliphatic heterocycles. The molecular weight excluding hydrogens is 428 g/mol. The number of nitrogens with zero attached hydrogens (tertiary/aromatic N) is 4. The summed E-state index contributed by atoms with van der Waals surface area (Å²) in [6, 6.07) is 14.6. The molecule has 8 heteroatoms. The first kappa shape index (κ1) is 20.6. The van der Waals surface area contributed by atoms with Crippen molar-refractivity contribution >= 4 is 22.8 Å². The molecule has 164 valence electrons. The lowest BCUT2D eigenvalue weighted by atomic mass is 10.2. The Kier molecular flexibility index (Phi) is 5.35. The zero-order valence-corrected chi connectivity index (χ0v) is 18.5. The van der Waals surface area contributed by atoms with Crippen molar-refractivity contribution in [2.24, 2.45) is 0 Å². The summed E-state index contributed by atoms with van der Waals surface area (Å²) in [5.74, 6) is 0.625. The highest BCUT2D eigenvalue weighted by atomic mass is 35.5. The van der Waals surface area contributed by atoms with E-state index in [-0.39, 0.29) is 17.3 Å². The Balaban J connectivity index is 1.78. The van der Waals surface area contributed by atoms with Gasteiger partial charge in [0.1, 0.15) is 5.75 Å². The highest BCUT2D eigenvalue weighted by molar-refractivity contribution is 6.30. The second kappa shape index (κ2) is 8.31. The van der Waals surface area contributed by atoms with Crippen LogP contribution in [-0.2, 0) is 6.54 Å². The molecule has 1 fully saturated rings. The minimum atomic E-state index is -0.365. The molecule has 32 heavy (non-hydrogen) atoms. The van der Waals surface area contributed by atoms with Crippen molar-refractivity contribution in [1.82, 2.24) is 18.7 Å². The number of hydrogen-bond acceptors (Lipinski definition) is 4. The fourth-order valence-electron chi connectivity index (χ4n) is 4.57. The third-order valence-electron chi connectivity index (χ3n) is 6.09. The summed E-state index contributed by atoms with van der Waals surface area (Å²) in [4.78, 5) is 31.7. The first-order chi connectivity index (χ1) is 15.6. The third-order valence-corrected chi connectivity index (χ3v) is 6.33. The van der Waals surface area contributed by atoms with Crippen LogP contribution in [0.2, 0.25) is 5.02 Å². The second-order valence-corrected chi connectivity index (χ2v) is 8.54. The highest BCUT2D eigenvalue weighted by Gasteiger charge is 2.26. The number of fused-ring (bicyclic) bond motifs is 1. The molecule has 1 aliphatic rings. The molecule has 2 aromatic carbocycles. The quantitative estimate of drug-likeness (QED) is 0.457.